The van der Waals surface area contributed by atoms with E-state index in [4.69, 9.17) is 5.73 Å². The van der Waals surface area contributed by atoms with Crippen molar-refractivity contribution in [3.63, 3.8) is 0 Å². The van der Waals surface area contributed by atoms with Gasteiger partial charge in [-0.3, -0.25) is 5.32 Å². The Kier molecular flexibility index (Phi) is 4.56. The molecule has 1 aliphatic rings. The standard InChI is InChI=1S/C17H18FN7OS/c1-9-23-24-16(27-9)13-14(19)10-7-12(20-8-11(10)21-15(13)18)22-17(26)25-5-3-2-4-6-25/h7-8H,2-6H2,1H3,(H2,19,21)(H,20,22,26). The minimum Gasteiger partial charge on any atom is -0.397 e. The Balaban J connectivity index is 1.69. The molecule has 3 N–H and O–H groups in total. The number of hydrogen-bond donors (Lipinski definition) is 2. The van der Waals surface area contributed by atoms with E-state index < -0.39 is 5.95 Å². The van der Waals surface area contributed by atoms with Crippen LogP contribution in [0.3, 0.4) is 0 Å². The Bertz CT molecular complexity index is 1020. The third-order valence-corrected chi connectivity index (χ3v) is 5.34. The van der Waals surface area contributed by atoms with E-state index in [-0.39, 0.29) is 17.3 Å². The molecule has 1 saturated heterocycles. The van der Waals surface area contributed by atoms with E-state index in [0.29, 0.717) is 26.7 Å². The molecule has 3 aromatic heterocycles. The Hall–Kier alpha value is -2.88. The second-order valence-electron chi connectivity index (χ2n) is 6.38. The van der Waals surface area contributed by atoms with Crippen molar-refractivity contribution in [1.82, 2.24) is 25.1 Å². The zero-order valence-corrected chi connectivity index (χ0v) is 15.5. The Labute approximate surface area is 158 Å². The number of likely N-dealkylation sites (tertiary alicyclic amines) is 1. The van der Waals surface area contributed by atoms with Crippen LogP contribution in [-0.2, 0) is 0 Å². The van der Waals surface area contributed by atoms with Crippen molar-refractivity contribution < 1.29 is 9.18 Å². The van der Waals surface area contributed by atoms with Gasteiger partial charge in [-0.2, -0.15) is 4.39 Å². The molecule has 4 heterocycles. The van der Waals surface area contributed by atoms with Gasteiger partial charge in [0, 0.05) is 18.5 Å². The number of nitrogens with two attached hydrogens (primary N) is 1. The molecule has 10 heteroatoms. The molecular weight excluding hydrogens is 369 g/mol. The highest BCUT2D eigenvalue weighted by Gasteiger charge is 2.20. The number of carbonyl (C=O) groups is 1. The molecule has 2 amide bonds. The number of anilines is 2. The molecule has 3 aromatic rings. The number of amides is 2. The Morgan fingerprint density at radius 2 is 2.07 bits per heavy atom. The lowest BCUT2D eigenvalue weighted by Gasteiger charge is -2.26. The summed E-state index contributed by atoms with van der Waals surface area (Å²) in [6, 6.07) is 1.41. The smallest absolute Gasteiger partial charge is 0.323 e. The van der Waals surface area contributed by atoms with Crippen LogP contribution in [0.4, 0.5) is 20.7 Å². The van der Waals surface area contributed by atoms with Gasteiger partial charge in [0.1, 0.15) is 10.8 Å². The molecule has 0 unspecified atom stereocenters. The second-order valence-corrected chi connectivity index (χ2v) is 7.56. The molecule has 1 fully saturated rings. The van der Waals surface area contributed by atoms with E-state index in [1.165, 1.54) is 17.5 Å². The number of rotatable bonds is 2. The number of urea groups is 1. The van der Waals surface area contributed by atoms with Gasteiger partial charge in [0.15, 0.2) is 5.01 Å². The quantitative estimate of drug-likeness (QED) is 0.654. The van der Waals surface area contributed by atoms with Gasteiger partial charge in [0.25, 0.3) is 0 Å². The van der Waals surface area contributed by atoms with E-state index in [0.717, 1.165) is 32.4 Å². The molecule has 0 aliphatic carbocycles. The van der Waals surface area contributed by atoms with E-state index in [1.54, 1.807) is 17.9 Å². The predicted octanol–water partition coefficient (Wildman–Crippen LogP) is 3.20. The lowest BCUT2D eigenvalue weighted by atomic mass is 10.1. The van der Waals surface area contributed by atoms with Gasteiger partial charge in [-0.15, -0.1) is 10.2 Å². The largest absolute Gasteiger partial charge is 0.397 e. The predicted molar refractivity (Wildman–Crippen MR) is 102 cm³/mol. The first-order chi connectivity index (χ1) is 13.0. The number of nitrogen functional groups attached to an aromatic ring is 1. The molecule has 4 rings (SSSR count). The molecule has 0 spiro atoms. The number of pyridine rings is 2. The highest BCUT2D eigenvalue weighted by molar-refractivity contribution is 7.14. The fourth-order valence-electron chi connectivity index (χ4n) is 3.12. The highest BCUT2D eigenvalue weighted by Crippen LogP contribution is 2.35. The maximum Gasteiger partial charge on any atom is 0.323 e. The van der Waals surface area contributed by atoms with Crippen LogP contribution in [0.1, 0.15) is 24.3 Å². The van der Waals surface area contributed by atoms with Crippen molar-refractivity contribution in [3.8, 4) is 10.6 Å². The lowest BCUT2D eigenvalue weighted by Crippen LogP contribution is -2.38. The minimum absolute atomic E-state index is 0.118. The van der Waals surface area contributed by atoms with Crippen LogP contribution >= 0.6 is 11.3 Å². The summed E-state index contributed by atoms with van der Waals surface area (Å²) < 4.78 is 14.5. The van der Waals surface area contributed by atoms with Gasteiger partial charge < -0.3 is 10.6 Å². The number of nitrogens with one attached hydrogen (secondary N) is 1. The van der Waals surface area contributed by atoms with Gasteiger partial charge in [-0.25, -0.2) is 14.8 Å². The average molecular weight is 387 g/mol. The van der Waals surface area contributed by atoms with Gasteiger partial charge in [0.2, 0.25) is 5.95 Å². The van der Waals surface area contributed by atoms with E-state index in [9.17, 15) is 9.18 Å². The third kappa shape index (κ3) is 3.39. The summed E-state index contributed by atoms with van der Waals surface area (Å²) in [6.45, 7) is 3.24. The first-order valence-corrected chi connectivity index (χ1v) is 9.45. The highest BCUT2D eigenvalue weighted by atomic mass is 32.1. The maximum atomic E-state index is 14.5. The van der Waals surface area contributed by atoms with Crippen LogP contribution in [0.25, 0.3) is 21.5 Å². The third-order valence-electron chi connectivity index (χ3n) is 4.49. The molecule has 0 radical (unpaired) electrons. The molecule has 0 bridgehead atoms. The monoisotopic (exact) mass is 387 g/mol. The van der Waals surface area contributed by atoms with Crippen LogP contribution in [-0.4, -0.2) is 44.2 Å². The van der Waals surface area contributed by atoms with E-state index in [2.05, 4.69) is 25.5 Å². The summed E-state index contributed by atoms with van der Waals surface area (Å²) in [5.41, 5.74) is 6.84. The summed E-state index contributed by atoms with van der Waals surface area (Å²) in [7, 11) is 0. The first-order valence-electron chi connectivity index (χ1n) is 8.64. The van der Waals surface area contributed by atoms with Crippen molar-refractivity contribution in [1.29, 1.82) is 0 Å². The topological polar surface area (TPSA) is 110 Å². The molecule has 1 aliphatic heterocycles. The normalized spacial score (nSPS) is 14.5. The van der Waals surface area contributed by atoms with Gasteiger partial charge in [-0.1, -0.05) is 11.3 Å². The summed E-state index contributed by atoms with van der Waals surface area (Å²) in [4.78, 5) is 22.2. The fourth-order valence-corrected chi connectivity index (χ4v) is 3.85. The minimum atomic E-state index is -0.719. The average Bonchev–Trinajstić information content (AvgIpc) is 3.09. The SMILES string of the molecule is Cc1nnc(-c2c(F)nc3cnc(NC(=O)N4CCCCC4)cc3c2N)s1. The van der Waals surface area contributed by atoms with Crippen molar-refractivity contribution in [2.75, 3.05) is 24.1 Å². The van der Waals surface area contributed by atoms with Crippen LogP contribution in [0.15, 0.2) is 12.3 Å². The number of carbonyl (C=O) groups excluding carboxylic acids is 1. The molecule has 27 heavy (non-hydrogen) atoms. The van der Waals surface area contributed by atoms with Gasteiger partial charge in [-0.05, 0) is 32.3 Å². The van der Waals surface area contributed by atoms with Crippen molar-refractivity contribution in [2.45, 2.75) is 26.2 Å². The van der Waals surface area contributed by atoms with Gasteiger partial charge >= 0.3 is 6.03 Å². The van der Waals surface area contributed by atoms with Crippen LogP contribution in [0.5, 0.6) is 0 Å². The van der Waals surface area contributed by atoms with Crippen LogP contribution in [0.2, 0.25) is 0 Å². The molecular formula is C17H18FN7OS. The zero-order valence-electron chi connectivity index (χ0n) is 14.7. The van der Waals surface area contributed by atoms with E-state index >= 15 is 0 Å². The molecule has 0 saturated carbocycles. The number of aryl methyl sites for hydroxylation is 1. The number of nitrogens with zero attached hydrogens (tertiary/aromatic N) is 5. The molecule has 8 nitrogen and oxygen atoms in total. The van der Waals surface area contributed by atoms with Crippen LogP contribution < -0.4 is 11.1 Å². The fraction of sp³-hybridized carbons (Fsp3) is 0.353. The van der Waals surface area contributed by atoms with Gasteiger partial charge in [0.05, 0.1) is 23.0 Å². The maximum absolute atomic E-state index is 14.5. The number of aromatic nitrogens is 4. The van der Waals surface area contributed by atoms with Crippen molar-refractivity contribution in [3.05, 3.63) is 23.2 Å². The first kappa shape index (κ1) is 17.5. The molecule has 140 valence electrons. The number of halogens is 1. The second kappa shape index (κ2) is 7.03. The summed E-state index contributed by atoms with van der Waals surface area (Å²) >= 11 is 1.24. The zero-order chi connectivity index (χ0) is 19.0. The van der Waals surface area contributed by atoms with Crippen molar-refractivity contribution in [2.24, 2.45) is 0 Å². The molecule has 0 atom stereocenters. The van der Waals surface area contributed by atoms with E-state index in [1.807, 2.05) is 0 Å². The summed E-state index contributed by atoms with van der Waals surface area (Å²) in [5, 5.41) is 12.2. The number of piperidine rings is 1. The van der Waals surface area contributed by atoms with Crippen LogP contribution in [0, 0.1) is 12.9 Å². The lowest BCUT2D eigenvalue weighted by molar-refractivity contribution is 0.200. The number of hydrogen-bond acceptors (Lipinski definition) is 7. The molecule has 0 aromatic carbocycles. The Morgan fingerprint density at radius 1 is 1.30 bits per heavy atom. The van der Waals surface area contributed by atoms with Crippen molar-refractivity contribution >= 4 is 39.8 Å². The summed E-state index contributed by atoms with van der Waals surface area (Å²) in [5.74, 6) is -0.374. The number of fused-ring (bicyclic) bond motifs is 1. The Morgan fingerprint density at radius 3 is 2.78 bits per heavy atom. The summed E-state index contributed by atoms with van der Waals surface area (Å²) in [6.07, 6.45) is 4.54.